The van der Waals surface area contributed by atoms with E-state index in [4.69, 9.17) is 11.6 Å². The number of amides is 3. The van der Waals surface area contributed by atoms with Gasteiger partial charge < -0.3 is 9.88 Å². The molecule has 3 amide bonds. The summed E-state index contributed by atoms with van der Waals surface area (Å²) in [5.41, 5.74) is -0.943. The first-order valence-corrected chi connectivity index (χ1v) is 7.67. The predicted molar refractivity (Wildman–Crippen MR) is 87.7 cm³/mol. The molecule has 2 aromatic rings. The van der Waals surface area contributed by atoms with Gasteiger partial charge in [0.25, 0.3) is 11.6 Å². The number of hydrogen-bond acceptors (Lipinski definition) is 5. The fourth-order valence-corrected chi connectivity index (χ4v) is 2.81. The van der Waals surface area contributed by atoms with Crippen molar-refractivity contribution in [2.24, 2.45) is 7.05 Å². The van der Waals surface area contributed by atoms with Crippen molar-refractivity contribution in [1.29, 1.82) is 0 Å². The molecule has 2 heterocycles. The van der Waals surface area contributed by atoms with Gasteiger partial charge in [-0.1, -0.05) is 11.6 Å². The number of imide groups is 1. The van der Waals surface area contributed by atoms with E-state index in [1.807, 2.05) is 0 Å². The van der Waals surface area contributed by atoms with Crippen LogP contribution in [0.25, 0.3) is 0 Å². The number of benzene rings is 1. The molecule has 130 valence electrons. The molecule has 1 aromatic heterocycles. The first-order chi connectivity index (χ1) is 11.7. The lowest BCUT2D eigenvalue weighted by Gasteiger charge is -2.22. The summed E-state index contributed by atoms with van der Waals surface area (Å²) in [7, 11) is 1.68. The minimum atomic E-state index is -1.30. The second-order valence-corrected chi connectivity index (χ2v) is 6.19. The van der Waals surface area contributed by atoms with Gasteiger partial charge in [0, 0.05) is 19.2 Å². The number of nitrogens with one attached hydrogen (secondary N) is 1. The van der Waals surface area contributed by atoms with Crippen LogP contribution in [0.1, 0.15) is 18.3 Å². The van der Waals surface area contributed by atoms with Crippen LogP contribution in [0.4, 0.5) is 10.5 Å². The number of nitrogens with zero attached hydrogens (tertiary/aromatic N) is 4. The molecule has 1 aliphatic heterocycles. The van der Waals surface area contributed by atoms with E-state index in [1.165, 1.54) is 30.5 Å². The van der Waals surface area contributed by atoms with Crippen molar-refractivity contribution in [3.63, 3.8) is 0 Å². The predicted octanol–water partition coefficient (Wildman–Crippen LogP) is 1.95. The number of nitro benzene ring substituents is 1. The first kappa shape index (κ1) is 16.9. The average molecular weight is 364 g/mol. The zero-order valence-corrected chi connectivity index (χ0v) is 14.1. The Morgan fingerprint density at radius 3 is 2.48 bits per heavy atom. The maximum atomic E-state index is 12.8. The first-order valence-electron chi connectivity index (χ1n) is 7.29. The third-order valence-electron chi connectivity index (χ3n) is 4.26. The van der Waals surface area contributed by atoms with Gasteiger partial charge in [0.05, 0.1) is 17.7 Å². The van der Waals surface area contributed by atoms with E-state index in [9.17, 15) is 19.7 Å². The molecule has 0 bridgehead atoms. The summed E-state index contributed by atoms with van der Waals surface area (Å²) in [5, 5.41) is 13.8. The third kappa shape index (κ3) is 2.72. The molecule has 1 unspecified atom stereocenters. The van der Waals surface area contributed by atoms with E-state index < -0.39 is 22.4 Å². The number of imidazole rings is 1. The van der Waals surface area contributed by atoms with Crippen molar-refractivity contribution in [2.45, 2.75) is 19.0 Å². The van der Waals surface area contributed by atoms with Crippen molar-refractivity contribution in [2.75, 3.05) is 0 Å². The lowest BCUT2D eigenvalue weighted by Crippen LogP contribution is -2.40. The number of hydrogen-bond donors (Lipinski definition) is 1. The van der Waals surface area contributed by atoms with E-state index in [1.54, 1.807) is 18.5 Å². The summed E-state index contributed by atoms with van der Waals surface area (Å²) in [5.74, 6) is -0.00748. The molecule has 1 saturated heterocycles. The van der Waals surface area contributed by atoms with Crippen LogP contribution >= 0.6 is 11.6 Å². The van der Waals surface area contributed by atoms with Crippen LogP contribution in [0.3, 0.4) is 0 Å². The molecule has 0 aliphatic carbocycles. The minimum absolute atomic E-state index is 0.0313. The maximum absolute atomic E-state index is 12.8. The molecule has 0 spiro atoms. The Hall–Kier alpha value is -2.94. The Morgan fingerprint density at radius 2 is 1.96 bits per heavy atom. The molecule has 25 heavy (non-hydrogen) atoms. The summed E-state index contributed by atoms with van der Waals surface area (Å²) in [6.45, 7) is 1.52. The normalized spacial score (nSPS) is 20.0. The van der Waals surface area contributed by atoms with Crippen LogP contribution in [0, 0.1) is 10.1 Å². The molecule has 0 radical (unpaired) electrons. The quantitative estimate of drug-likeness (QED) is 0.507. The van der Waals surface area contributed by atoms with Gasteiger partial charge in [-0.3, -0.25) is 19.8 Å². The standard InChI is InChI=1S/C15H14ClN5O4/c1-15(9-3-5-10(6-4-9)21(24)25)13(22)20(14(23)18-15)8-12-17-7-11(16)19(12)2/h3-7H,8H2,1-2H3,(H,18,23). The number of nitro groups is 1. The average Bonchev–Trinajstić information content (AvgIpc) is 3.01. The van der Waals surface area contributed by atoms with Crippen LogP contribution in [0.15, 0.2) is 30.5 Å². The summed E-state index contributed by atoms with van der Waals surface area (Å²) >= 11 is 5.92. The number of aromatic nitrogens is 2. The van der Waals surface area contributed by atoms with Crippen LogP contribution in [-0.2, 0) is 23.9 Å². The summed E-state index contributed by atoms with van der Waals surface area (Å²) in [4.78, 5) is 40.5. The number of urea groups is 1. The van der Waals surface area contributed by atoms with Crippen LogP contribution in [-0.4, -0.2) is 31.3 Å². The van der Waals surface area contributed by atoms with E-state index in [-0.39, 0.29) is 12.2 Å². The van der Waals surface area contributed by atoms with Gasteiger partial charge >= 0.3 is 6.03 Å². The highest BCUT2D eigenvalue weighted by Gasteiger charge is 2.49. The van der Waals surface area contributed by atoms with E-state index in [0.29, 0.717) is 16.5 Å². The molecule has 1 atom stereocenters. The van der Waals surface area contributed by atoms with Gasteiger partial charge in [-0.25, -0.2) is 9.78 Å². The minimum Gasteiger partial charge on any atom is -0.321 e. The highest BCUT2D eigenvalue weighted by molar-refractivity contribution is 6.29. The molecule has 10 heteroatoms. The van der Waals surface area contributed by atoms with Crippen LogP contribution in [0.2, 0.25) is 5.15 Å². The molecule has 1 aliphatic rings. The molecule has 0 saturated carbocycles. The Bertz CT molecular complexity index is 879. The Kier molecular flexibility index (Phi) is 3.96. The Morgan fingerprint density at radius 1 is 1.32 bits per heavy atom. The van der Waals surface area contributed by atoms with Gasteiger partial charge in [0.15, 0.2) is 0 Å². The highest BCUT2D eigenvalue weighted by Crippen LogP contribution is 2.30. The molecule has 3 rings (SSSR count). The molecule has 1 fully saturated rings. The van der Waals surface area contributed by atoms with Gasteiger partial charge in [-0.2, -0.15) is 0 Å². The number of carbonyl (C=O) groups excluding carboxylic acids is 2. The zero-order valence-electron chi connectivity index (χ0n) is 13.4. The molecular weight excluding hydrogens is 350 g/mol. The molecule has 9 nitrogen and oxygen atoms in total. The number of halogens is 1. The lowest BCUT2D eigenvalue weighted by atomic mass is 9.92. The smallest absolute Gasteiger partial charge is 0.321 e. The van der Waals surface area contributed by atoms with Gasteiger partial charge in [0.1, 0.15) is 16.5 Å². The van der Waals surface area contributed by atoms with Crippen molar-refractivity contribution in [1.82, 2.24) is 19.8 Å². The SMILES string of the molecule is Cn1c(Cl)cnc1CN1C(=O)NC(C)(c2ccc([N+](=O)[O-])cc2)C1=O. The number of non-ortho nitro benzene ring substituents is 1. The zero-order chi connectivity index (χ0) is 18.4. The maximum Gasteiger partial charge on any atom is 0.325 e. The summed E-state index contributed by atoms with van der Waals surface area (Å²) < 4.78 is 1.57. The molecular formula is C15H14ClN5O4. The van der Waals surface area contributed by atoms with Crippen molar-refractivity contribution in [3.8, 4) is 0 Å². The topological polar surface area (TPSA) is 110 Å². The third-order valence-corrected chi connectivity index (χ3v) is 4.61. The van der Waals surface area contributed by atoms with Gasteiger partial charge in [0.2, 0.25) is 0 Å². The largest absolute Gasteiger partial charge is 0.325 e. The van der Waals surface area contributed by atoms with Crippen LogP contribution < -0.4 is 5.32 Å². The van der Waals surface area contributed by atoms with Crippen LogP contribution in [0.5, 0.6) is 0 Å². The fraction of sp³-hybridized carbons (Fsp3) is 0.267. The lowest BCUT2D eigenvalue weighted by molar-refractivity contribution is -0.384. The van der Waals surface area contributed by atoms with Gasteiger partial charge in [-0.15, -0.1) is 0 Å². The van der Waals surface area contributed by atoms with Crippen molar-refractivity contribution < 1.29 is 14.5 Å². The second-order valence-electron chi connectivity index (χ2n) is 5.81. The second kappa shape index (κ2) is 5.85. The van der Waals surface area contributed by atoms with E-state index in [0.717, 1.165) is 4.90 Å². The fourth-order valence-electron chi connectivity index (χ4n) is 2.67. The highest BCUT2D eigenvalue weighted by atomic mass is 35.5. The summed E-state index contributed by atoms with van der Waals surface area (Å²) in [6.07, 6.45) is 1.44. The summed E-state index contributed by atoms with van der Waals surface area (Å²) in [6, 6.07) is 4.93. The van der Waals surface area contributed by atoms with Crippen molar-refractivity contribution >= 4 is 29.2 Å². The number of carbonyl (C=O) groups is 2. The Labute approximate surface area is 147 Å². The van der Waals surface area contributed by atoms with E-state index in [2.05, 4.69) is 10.3 Å². The number of rotatable bonds is 4. The molecule has 1 aromatic carbocycles. The van der Waals surface area contributed by atoms with Gasteiger partial charge in [-0.05, 0) is 24.6 Å². The monoisotopic (exact) mass is 363 g/mol. The van der Waals surface area contributed by atoms with E-state index >= 15 is 0 Å². The Balaban J connectivity index is 1.89. The molecule has 1 N–H and O–H groups in total. The van der Waals surface area contributed by atoms with Crippen molar-refractivity contribution in [3.05, 3.63) is 57.1 Å².